The van der Waals surface area contributed by atoms with Crippen molar-refractivity contribution in [1.82, 2.24) is 4.90 Å². The van der Waals surface area contributed by atoms with Crippen molar-refractivity contribution >= 4 is 17.5 Å². The highest BCUT2D eigenvalue weighted by atomic mass is 16.6. The Labute approximate surface area is 156 Å². The topological polar surface area (TPSA) is 116 Å². The number of amides is 2. The lowest BCUT2D eigenvalue weighted by Crippen LogP contribution is -2.36. The summed E-state index contributed by atoms with van der Waals surface area (Å²) in [7, 11) is 0. The Bertz CT molecular complexity index is 823. The van der Waals surface area contributed by atoms with E-state index in [0.29, 0.717) is 12.1 Å². The van der Waals surface area contributed by atoms with E-state index in [1.54, 1.807) is 13.0 Å². The number of nitro groups is 1. The van der Waals surface area contributed by atoms with Gasteiger partial charge < -0.3 is 15.4 Å². The standard InChI is InChI=1S/C19H21N3O5/c1-14-16(22(25)26)8-5-9-17(14)27-13-19(24)21(11-10-18(20)23)12-15-6-3-2-4-7-15/h2-9H,10-13H2,1H3,(H2,20,23). The zero-order valence-electron chi connectivity index (χ0n) is 15.0. The van der Waals surface area contributed by atoms with Gasteiger partial charge in [0.05, 0.1) is 10.5 Å². The number of nitro benzene ring substituents is 1. The van der Waals surface area contributed by atoms with Crippen LogP contribution in [0, 0.1) is 17.0 Å². The number of nitrogens with zero attached hydrogens (tertiary/aromatic N) is 2. The third-order valence-corrected chi connectivity index (χ3v) is 4.00. The number of carbonyl (C=O) groups is 2. The Morgan fingerprint density at radius 1 is 1.15 bits per heavy atom. The summed E-state index contributed by atoms with van der Waals surface area (Å²) in [6.45, 7) is 1.74. The number of nitrogens with two attached hydrogens (primary N) is 1. The highest BCUT2D eigenvalue weighted by Crippen LogP contribution is 2.27. The number of hydrogen-bond donors (Lipinski definition) is 1. The SMILES string of the molecule is Cc1c(OCC(=O)N(CCC(N)=O)Cc2ccccc2)cccc1[N+](=O)[O-]. The van der Waals surface area contributed by atoms with E-state index in [1.807, 2.05) is 30.3 Å². The van der Waals surface area contributed by atoms with Gasteiger partial charge in [-0.3, -0.25) is 19.7 Å². The van der Waals surface area contributed by atoms with Crippen molar-refractivity contribution in [2.75, 3.05) is 13.2 Å². The average Bonchev–Trinajstić information content (AvgIpc) is 2.64. The predicted molar refractivity (Wildman–Crippen MR) is 99.0 cm³/mol. The zero-order chi connectivity index (χ0) is 19.8. The fourth-order valence-electron chi connectivity index (χ4n) is 2.53. The first-order valence-electron chi connectivity index (χ1n) is 8.35. The molecule has 0 saturated heterocycles. The molecule has 2 aromatic carbocycles. The first-order valence-corrected chi connectivity index (χ1v) is 8.35. The van der Waals surface area contributed by atoms with Gasteiger partial charge in [-0.15, -0.1) is 0 Å². The van der Waals surface area contributed by atoms with E-state index in [0.717, 1.165) is 5.56 Å². The minimum atomic E-state index is -0.503. The van der Waals surface area contributed by atoms with Gasteiger partial charge in [-0.25, -0.2) is 0 Å². The van der Waals surface area contributed by atoms with Crippen LogP contribution in [0.1, 0.15) is 17.5 Å². The van der Waals surface area contributed by atoms with Crippen LogP contribution in [0.25, 0.3) is 0 Å². The van der Waals surface area contributed by atoms with Gasteiger partial charge in [0.1, 0.15) is 5.75 Å². The van der Waals surface area contributed by atoms with Crippen LogP contribution < -0.4 is 10.5 Å². The van der Waals surface area contributed by atoms with Crippen LogP contribution in [0.2, 0.25) is 0 Å². The van der Waals surface area contributed by atoms with Gasteiger partial charge in [0.15, 0.2) is 6.61 Å². The molecule has 0 aromatic heterocycles. The third kappa shape index (κ3) is 5.81. The Balaban J connectivity index is 2.07. The van der Waals surface area contributed by atoms with Gasteiger partial charge in [-0.2, -0.15) is 0 Å². The van der Waals surface area contributed by atoms with Crippen LogP contribution in [0.15, 0.2) is 48.5 Å². The molecule has 0 aliphatic carbocycles. The monoisotopic (exact) mass is 371 g/mol. The van der Waals surface area contributed by atoms with Gasteiger partial charge in [0.2, 0.25) is 5.91 Å². The molecule has 0 saturated carbocycles. The maximum atomic E-state index is 12.6. The molecular formula is C19H21N3O5. The fourth-order valence-corrected chi connectivity index (χ4v) is 2.53. The molecule has 0 atom stereocenters. The molecule has 0 aliphatic heterocycles. The molecule has 0 bridgehead atoms. The molecule has 8 nitrogen and oxygen atoms in total. The number of primary amides is 1. The molecule has 0 heterocycles. The van der Waals surface area contributed by atoms with Crippen molar-refractivity contribution in [3.8, 4) is 5.75 Å². The minimum absolute atomic E-state index is 0.0361. The molecule has 2 aromatic rings. The summed E-state index contributed by atoms with van der Waals surface area (Å²) in [6, 6.07) is 13.8. The van der Waals surface area contributed by atoms with E-state index >= 15 is 0 Å². The highest BCUT2D eigenvalue weighted by Gasteiger charge is 2.18. The lowest BCUT2D eigenvalue weighted by molar-refractivity contribution is -0.385. The summed E-state index contributed by atoms with van der Waals surface area (Å²) in [4.78, 5) is 35.7. The molecule has 2 N–H and O–H groups in total. The fraction of sp³-hybridized carbons (Fsp3) is 0.263. The Morgan fingerprint density at radius 2 is 1.85 bits per heavy atom. The maximum Gasteiger partial charge on any atom is 0.276 e. The molecule has 8 heteroatoms. The van der Waals surface area contributed by atoms with Crippen molar-refractivity contribution < 1.29 is 19.2 Å². The van der Waals surface area contributed by atoms with Gasteiger partial charge in [0.25, 0.3) is 11.6 Å². The van der Waals surface area contributed by atoms with Crippen molar-refractivity contribution in [3.63, 3.8) is 0 Å². The van der Waals surface area contributed by atoms with Crippen molar-refractivity contribution in [2.24, 2.45) is 5.73 Å². The summed E-state index contributed by atoms with van der Waals surface area (Å²) >= 11 is 0. The number of benzene rings is 2. The molecule has 0 unspecified atom stereocenters. The third-order valence-electron chi connectivity index (χ3n) is 4.00. The predicted octanol–water partition coefficient (Wildman–Crippen LogP) is 2.19. The van der Waals surface area contributed by atoms with E-state index in [9.17, 15) is 19.7 Å². The number of rotatable bonds is 9. The van der Waals surface area contributed by atoms with E-state index in [4.69, 9.17) is 10.5 Å². The first-order chi connectivity index (χ1) is 12.9. The molecule has 0 radical (unpaired) electrons. The summed E-state index contributed by atoms with van der Waals surface area (Å²) in [5, 5.41) is 11.0. The number of carbonyl (C=O) groups excluding carboxylic acids is 2. The van der Waals surface area contributed by atoms with Gasteiger partial charge >= 0.3 is 0 Å². The van der Waals surface area contributed by atoms with Crippen LogP contribution in [-0.4, -0.2) is 34.8 Å². The normalized spacial score (nSPS) is 10.3. The second-order valence-corrected chi connectivity index (χ2v) is 5.96. The summed E-state index contributed by atoms with van der Waals surface area (Å²) < 4.78 is 5.50. The van der Waals surface area contributed by atoms with Gasteiger partial charge in [0, 0.05) is 25.6 Å². The number of hydrogen-bond acceptors (Lipinski definition) is 5. The maximum absolute atomic E-state index is 12.6. The lowest BCUT2D eigenvalue weighted by atomic mass is 10.2. The Morgan fingerprint density at radius 3 is 2.48 bits per heavy atom. The second kappa shape index (κ2) is 9.33. The van der Waals surface area contributed by atoms with E-state index < -0.39 is 10.8 Å². The zero-order valence-corrected chi connectivity index (χ0v) is 15.0. The van der Waals surface area contributed by atoms with Crippen LogP contribution in [0.3, 0.4) is 0 Å². The Hall–Kier alpha value is -3.42. The Kier molecular flexibility index (Phi) is 6.87. The summed E-state index contributed by atoms with van der Waals surface area (Å²) in [5.74, 6) is -0.575. The molecule has 2 rings (SSSR count). The van der Waals surface area contributed by atoms with E-state index in [-0.39, 0.29) is 36.9 Å². The first kappa shape index (κ1) is 19.9. The molecule has 2 amide bonds. The van der Waals surface area contributed by atoms with Gasteiger partial charge in [-0.1, -0.05) is 36.4 Å². The van der Waals surface area contributed by atoms with E-state index in [1.165, 1.54) is 17.0 Å². The molecule has 0 fully saturated rings. The van der Waals surface area contributed by atoms with Crippen molar-refractivity contribution in [1.29, 1.82) is 0 Å². The average molecular weight is 371 g/mol. The molecule has 0 spiro atoms. The minimum Gasteiger partial charge on any atom is -0.483 e. The quantitative estimate of drug-likeness (QED) is 0.536. The van der Waals surface area contributed by atoms with Crippen molar-refractivity contribution in [3.05, 3.63) is 69.8 Å². The summed E-state index contributed by atoms with van der Waals surface area (Å²) in [6.07, 6.45) is 0.0361. The van der Waals surface area contributed by atoms with Crippen molar-refractivity contribution in [2.45, 2.75) is 19.9 Å². The lowest BCUT2D eigenvalue weighted by Gasteiger charge is -2.22. The largest absolute Gasteiger partial charge is 0.483 e. The van der Waals surface area contributed by atoms with Crippen LogP contribution in [-0.2, 0) is 16.1 Å². The molecule has 27 heavy (non-hydrogen) atoms. The van der Waals surface area contributed by atoms with Gasteiger partial charge in [-0.05, 0) is 18.6 Å². The van der Waals surface area contributed by atoms with E-state index in [2.05, 4.69) is 0 Å². The molecule has 0 aliphatic rings. The number of ether oxygens (including phenoxy) is 1. The smallest absolute Gasteiger partial charge is 0.276 e. The highest BCUT2D eigenvalue weighted by molar-refractivity contribution is 5.79. The molecular weight excluding hydrogens is 350 g/mol. The molecule has 142 valence electrons. The van der Waals surface area contributed by atoms with Crippen LogP contribution in [0.5, 0.6) is 5.75 Å². The van der Waals surface area contributed by atoms with Crippen LogP contribution in [0.4, 0.5) is 5.69 Å². The second-order valence-electron chi connectivity index (χ2n) is 5.96. The van der Waals surface area contributed by atoms with Crippen LogP contribution >= 0.6 is 0 Å². The summed E-state index contributed by atoms with van der Waals surface area (Å²) in [5.41, 5.74) is 6.37.